The van der Waals surface area contributed by atoms with E-state index in [1.165, 1.54) is 0 Å². The minimum Gasteiger partial charge on any atom is -0.480 e. The summed E-state index contributed by atoms with van der Waals surface area (Å²) in [5.74, 6) is -1.24. The number of rotatable bonds is 9. The number of carboxylic acids is 1. The van der Waals surface area contributed by atoms with Gasteiger partial charge in [-0.2, -0.15) is 8.42 Å². The van der Waals surface area contributed by atoms with Crippen molar-refractivity contribution in [2.75, 3.05) is 12.9 Å². The molecule has 2 N–H and O–H groups in total. The van der Waals surface area contributed by atoms with Gasteiger partial charge in [-0.05, 0) is 18.4 Å². The number of carbonyl (C=O) groups is 2. The monoisotopic (exact) mass is 345 g/mol. The van der Waals surface area contributed by atoms with E-state index in [1.807, 2.05) is 6.07 Å². The molecule has 23 heavy (non-hydrogen) atoms. The molecule has 0 aliphatic rings. The number of ether oxygens (including phenoxy) is 1. The zero-order valence-corrected chi connectivity index (χ0v) is 13.4. The van der Waals surface area contributed by atoms with Crippen LogP contribution in [0, 0.1) is 0 Å². The van der Waals surface area contributed by atoms with Crippen molar-refractivity contribution in [3.05, 3.63) is 35.9 Å². The molecule has 1 aromatic rings. The molecular weight excluding hydrogens is 326 g/mol. The van der Waals surface area contributed by atoms with E-state index >= 15 is 0 Å². The van der Waals surface area contributed by atoms with Gasteiger partial charge < -0.3 is 15.2 Å². The first-order valence-corrected chi connectivity index (χ1v) is 8.64. The summed E-state index contributed by atoms with van der Waals surface area (Å²) in [5.41, 5.74) is 0.774. The van der Waals surface area contributed by atoms with Gasteiger partial charge in [-0.3, -0.25) is 4.18 Å². The molecule has 0 radical (unpaired) electrons. The van der Waals surface area contributed by atoms with Gasteiger partial charge in [-0.1, -0.05) is 30.3 Å². The number of alkyl carbamates (subject to hydrolysis) is 1. The van der Waals surface area contributed by atoms with Crippen LogP contribution in [0.5, 0.6) is 0 Å². The highest BCUT2D eigenvalue weighted by atomic mass is 32.2. The molecule has 1 amide bonds. The molecule has 1 aromatic carbocycles. The third kappa shape index (κ3) is 8.79. The maximum atomic E-state index is 11.6. The fourth-order valence-electron chi connectivity index (χ4n) is 1.66. The summed E-state index contributed by atoms with van der Waals surface area (Å²) < 4.78 is 31.0. The zero-order chi connectivity index (χ0) is 17.3. The number of benzene rings is 1. The Kier molecular flexibility index (Phi) is 7.49. The largest absolute Gasteiger partial charge is 0.480 e. The third-order valence-corrected chi connectivity index (χ3v) is 3.33. The van der Waals surface area contributed by atoms with E-state index in [9.17, 15) is 18.0 Å². The summed E-state index contributed by atoms with van der Waals surface area (Å²) in [6, 6.07) is 7.76. The minimum absolute atomic E-state index is 0.0191. The zero-order valence-electron chi connectivity index (χ0n) is 12.6. The molecule has 128 valence electrons. The number of hydrogen-bond donors (Lipinski definition) is 2. The van der Waals surface area contributed by atoms with Gasteiger partial charge in [0.1, 0.15) is 12.6 Å². The van der Waals surface area contributed by atoms with Crippen LogP contribution in [0.15, 0.2) is 30.3 Å². The second kappa shape index (κ2) is 9.11. The number of amides is 1. The van der Waals surface area contributed by atoms with Crippen LogP contribution in [-0.4, -0.2) is 44.5 Å². The average Bonchev–Trinajstić information content (AvgIpc) is 2.48. The van der Waals surface area contributed by atoms with Crippen LogP contribution < -0.4 is 5.32 Å². The lowest BCUT2D eigenvalue weighted by Gasteiger charge is -2.14. The van der Waals surface area contributed by atoms with Crippen molar-refractivity contribution in [1.82, 2.24) is 5.32 Å². The van der Waals surface area contributed by atoms with Crippen LogP contribution in [0.4, 0.5) is 4.79 Å². The molecule has 0 bridgehead atoms. The van der Waals surface area contributed by atoms with E-state index < -0.39 is 28.2 Å². The van der Waals surface area contributed by atoms with E-state index in [4.69, 9.17) is 9.84 Å². The van der Waals surface area contributed by atoms with E-state index in [2.05, 4.69) is 9.50 Å². The van der Waals surface area contributed by atoms with Crippen LogP contribution in [-0.2, 0) is 30.4 Å². The lowest BCUT2D eigenvalue weighted by Crippen LogP contribution is -2.41. The minimum atomic E-state index is -3.56. The number of aliphatic carboxylic acids is 1. The van der Waals surface area contributed by atoms with Crippen molar-refractivity contribution in [2.45, 2.75) is 25.5 Å². The van der Waals surface area contributed by atoms with E-state index in [-0.39, 0.29) is 26.1 Å². The number of hydrogen-bond acceptors (Lipinski definition) is 6. The first-order valence-electron chi connectivity index (χ1n) is 6.82. The first-order chi connectivity index (χ1) is 10.8. The van der Waals surface area contributed by atoms with Gasteiger partial charge in [0.25, 0.3) is 10.1 Å². The molecule has 0 aliphatic heterocycles. The van der Waals surface area contributed by atoms with Gasteiger partial charge >= 0.3 is 12.1 Å². The van der Waals surface area contributed by atoms with Gasteiger partial charge in [-0.15, -0.1) is 0 Å². The molecule has 1 unspecified atom stereocenters. The Labute approximate surface area is 134 Å². The summed E-state index contributed by atoms with van der Waals surface area (Å²) >= 11 is 0. The fraction of sp³-hybridized carbons (Fsp3) is 0.429. The highest BCUT2D eigenvalue weighted by molar-refractivity contribution is 7.85. The Morgan fingerprint density at radius 3 is 2.48 bits per heavy atom. The van der Waals surface area contributed by atoms with Crippen LogP contribution in [0.1, 0.15) is 18.4 Å². The van der Waals surface area contributed by atoms with Crippen molar-refractivity contribution in [1.29, 1.82) is 0 Å². The Balaban J connectivity index is 2.36. The van der Waals surface area contributed by atoms with Crippen molar-refractivity contribution < 1.29 is 32.0 Å². The number of carboxylic acid groups (broad SMARTS) is 1. The predicted molar refractivity (Wildman–Crippen MR) is 81.2 cm³/mol. The summed E-state index contributed by atoms with van der Waals surface area (Å²) in [7, 11) is -3.56. The standard InChI is InChI=1S/C14H19NO7S/c1-23(19,20)22-9-5-8-12(13(16)17)15-14(18)21-10-11-6-3-2-4-7-11/h2-4,6-7,12H,5,8-10H2,1H3,(H,15,18)(H,16,17). The van der Waals surface area contributed by atoms with Gasteiger partial charge in [-0.25, -0.2) is 9.59 Å². The lowest BCUT2D eigenvalue weighted by molar-refractivity contribution is -0.139. The molecular formula is C14H19NO7S. The molecule has 0 aromatic heterocycles. The number of carbonyl (C=O) groups excluding carboxylic acids is 1. The Bertz CT molecular complexity index is 615. The highest BCUT2D eigenvalue weighted by Crippen LogP contribution is 2.03. The van der Waals surface area contributed by atoms with E-state index in [1.54, 1.807) is 24.3 Å². The van der Waals surface area contributed by atoms with Gasteiger partial charge in [0.2, 0.25) is 0 Å². The smallest absolute Gasteiger partial charge is 0.408 e. The maximum Gasteiger partial charge on any atom is 0.408 e. The Morgan fingerprint density at radius 2 is 1.91 bits per heavy atom. The van der Waals surface area contributed by atoms with E-state index in [0.717, 1.165) is 11.8 Å². The summed E-state index contributed by atoms with van der Waals surface area (Å²) in [4.78, 5) is 22.7. The summed E-state index contributed by atoms with van der Waals surface area (Å²) in [6.45, 7) is -0.125. The van der Waals surface area contributed by atoms with Crippen LogP contribution >= 0.6 is 0 Å². The van der Waals surface area contributed by atoms with E-state index in [0.29, 0.717) is 0 Å². The average molecular weight is 345 g/mol. The molecule has 9 heteroatoms. The predicted octanol–water partition coefficient (Wildman–Crippen LogP) is 1.12. The second-order valence-electron chi connectivity index (χ2n) is 4.77. The van der Waals surface area contributed by atoms with Crippen molar-refractivity contribution in [2.24, 2.45) is 0 Å². The topological polar surface area (TPSA) is 119 Å². The van der Waals surface area contributed by atoms with Crippen molar-refractivity contribution in [3.8, 4) is 0 Å². The molecule has 0 saturated carbocycles. The molecule has 0 aliphatic carbocycles. The van der Waals surface area contributed by atoms with Crippen LogP contribution in [0.25, 0.3) is 0 Å². The van der Waals surface area contributed by atoms with Gasteiger partial charge in [0.15, 0.2) is 0 Å². The first kappa shape index (κ1) is 18.9. The molecule has 0 heterocycles. The summed E-state index contributed by atoms with van der Waals surface area (Å²) in [6.07, 6.45) is 0.222. The Morgan fingerprint density at radius 1 is 1.26 bits per heavy atom. The van der Waals surface area contributed by atoms with Crippen LogP contribution in [0.3, 0.4) is 0 Å². The maximum absolute atomic E-state index is 11.6. The Hall–Kier alpha value is -2.13. The molecule has 1 atom stereocenters. The highest BCUT2D eigenvalue weighted by Gasteiger charge is 2.20. The van der Waals surface area contributed by atoms with Crippen molar-refractivity contribution >= 4 is 22.2 Å². The summed E-state index contributed by atoms with van der Waals surface area (Å²) in [5, 5.41) is 11.3. The SMILES string of the molecule is CS(=O)(=O)OCCCC(NC(=O)OCc1ccccc1)C(=O)O. The second-order valence-corrected chi connectivity index (χ2v) is 6.41. The fourth-order valence-corrected chi connectivity index (χ4v) is 2.08. The van der Waals surface area contributed by atoms with Crippen molar-refractivity contribution in [3.63, 3.8) is 0 Å². The quantitative estimate of drug-likeness (QED) is 0.508. The van der Waals surface area contributed by atoms with Gasteiger partial charge in [0, 0.05) is 0 Å². The lowest BCUT2D eigenvalue weighted by atomic mass is 10.1. The van der Waals surface area contributed by atoms with Gasteiger partial charge in [0.05, 0.1) is 12.9 Å². The molecule has 0 spiro atoms. The molecule has 1 rings (SSSR count). The molecule has 8 nitrogen and oxygen atoms in total. The van der Waals surface area contributed by atoms with Crippen LogP contribution in [0.2, 0.25) is 0 Å². The molecule has 0 fully saturated rings. The normalized spacial score (nSPS) is 12.4. The third-order valence-electron chi connectivity index (χ3n) is 2.74. The molecule has 0 saturated heterocycles. The number of nitrogens with one attached hydrogen (secondary N) is 1.